The molecule has 0 aromatic heterocycles. The zero-order valence-corrected chi connectivity index (χ0v) is 10.1. The minimum absolute atomic E-state index is 0.0799. The zero-order chi connectivity index (χ0) is 12.3. The molecule has 0 saturated heterocycles. The van der Waals surface area contributed by atoms with Crippen LogP contribution >= 0.6 is 0 Å². The van der Waals surface area contributed by atoms with Crippen LogP contribution in [0.25, 0.3) is 0 Å². The highest BCUT2D eigenvalue weighted by molar-refractivity contribution is 5.71. The number of unbranched alkanes of at least 4 members (excludes halogenated alkanes) is 1. The van der Waals surface area contributed by atoms with Crippen LogP contribution in [0.5, 0.6) is 0 Å². The Kier molecular flexibility index (Phi) is 7.02. The molecule has 17 heavy (non-hydrogen) atoms. The van der Waals surface area contributed by atoms with E-state index in [1.165, 1.54) is 0 Å². The SMILES string of the molecule is CCCCOC(=O)CNOCc1ccccc1. The molecule has 0 atom stereocenters. The Balaban J connectivity index is 2.02. The molecule has 0 aliphatic carbocycles. The summed E-state index contributed by atoms with van der Waals surface area (Å²) in [7, 11) is 0. The van der Waals surface area contributed by atoms with Gasteiger partial charge in [0.1, 0.15) is 6.54 Å². The largest absolute Gasteiger partial charge is 0.465 e. The van der Waals surface area contributed by atoms with Gasteiger partial charge in [0.15, 0.2) is 0 Å². The van der Waals surface area contributed by atoms with Crippen molar-refractivity contribution >= 4 is 5.97 Å². The van der Waals surface area contributed by atoms with Crippen molar-refractivity contribution in [2.24, 2.45) is 0 Å². The van der Waals surface area contributed by atoms with Crippen molar-refractivity contribution in [3.05, 3.63) is 35.9 Å². The van der Waals surface area contributed by atoms with Gasteiger partial charge < -0.3 is 4.74 Å². The summed E-state index contributed by atoms with van der Waals surface area (Å²) in [6, 6.07) is 9.75. The summed E-state index contributed by atoms with van der Waals surface area (Å²) >= 11 is 0. The second-order valence-electron chi connectivity index (χ2n) is 3.67. The van der Waals surface area contributed by atoms with Crippen LogP contribution in [0.2, 0.25) is 0 Å². The minimum atomic E-state index is -0.286. The highest BCUT2D eigenvalue weighted by Gasteiger charge is 2.01. The molecule has 0 radical (unpaired) electrons. The van der Waals surface area contributed by atoms with Crippen LogP contribution in [0.4, 0.5) is 0 Å². The van der Waals surface area contributed by atoms with E-state index in [0.29, 0.717) is 13.2 Å². The van der Waals surface area contributed by atoms with E-state index in [1.54, 1.807) is 0 Å². The summed E-state index contributed by atoms with van der Waals surface area (Å²) in [6.07, 6.45) is 1.92. The smallest absolute Gasteiger partial charge is 0.322 e. The van der Waals surface area contributed by atoms with E-state index in [1.807, 2.05) is 30.3 Å². The van der Waals surface area contributed by atoms with E-state index in [9.17, 15) is 4.79 Å². The normalized spacial score (nSPS) is 10.2. The Morgan fingerprint density at radius 2 is 2.06 bits per heavy atom. The molecule has 1 N–H and O–H groups in total. The van der Waals surface area contributed by atoms with Gasteiger partial charge in [0.2, 0.25) is 0 Å². The molecule has 0 aliphatic rings. The summed E-state index contributed by atoms with van der Waals surface area (Å²) in [6.45, 7) is 3.05. The van der Waals surface area contributed by atoms with E-state index in [-0.39, 0.29) is 12.5 Å². The van der Waals surface area contributed by atoms with Crippen LogP contribution in [0.1, 0.15) is 25.3 Å². The second kappa shape index (κ2) is 8.73. The van der Waals surface area contributed by atoms with E-state index >= 15 is 0 Å². The fourth-order valence-corrected chi connectivity index (χ4v) is 1.20. The average molecular weight is 237 g/mol. The topological polar surface area (TPSA) is 47.6 Å². The van der Waals surface area contributed by atoms with Gasteiger partial charge >= 0.3 is 5.97 Å². The number of hydrogen-bond donors (Lipinski definition) is 1. The predicted molar refractivity (Wildman–Crippen MR) is 65.1 cm³/mol. The Labute approximate surface area is 102 Å². The van der Waals surface area contributed by atoms with E-state index in [4.69, 9.17) is 9.57 Å². The standard InChI is InChI=1S/C13H19NO3/c1-2-3-9-16-13(15)10-14-17-11-12-7-5-4-6-8-12/h4-8,14H,2-3,9-11H2,1H3. The fourth-order valence-electron chi connectivity index (χ4n) is 1.20. The molecule has 0 heterocycles. The summed E-state index contributed by atoms with van der Waals surface area (Å²) < 4.78 is 4.95. The Hall–Kier alpha value is -1.39. The molecular formula is C13H19NO3. The summed E-state index contributed by atoms with van der Waals surface area (Å²) in [4.78, 5) is 16.3. The van der Waals surface area contributed by atoms with Gasteiger partial charge in [-0.3, -0.25) is 9.63 Å². The maximum atomic E-state index is 11.2. The Morgan fingerprint density at radius 1 is 1.29 bits per heavy atom. The van der Waals surface area contributed by atoms with Crippen molar-refractivity contribution in [2.45, 2.75) is 26.4 Å². The molecule has 4 heteroatoms. The lowest BCUT2D eigenvalue weighted by atomic mass is 10.2. The van der Waals surface area contributed by atoms with Crippen molar-refractivity contribution in [1.82, 2.24) is 5.48 Å². The molecule has 0 bridgehead atoms. The van der Waals surface area contributed by atoms with Crippen molar-refractivity contribution < 1.29 is 14.4 Å². The first-order chi connectivity index (χ1) is 8.33. The Bertz CT molecular complexity index is 314. The van der Waals surface area contributed by atoms with Gasteiger partial charge in [-0.1, -0.05) is 43.7 Å². The first-order valence-electron chi connectivity index (χ1n) is 5.87. The number of carbonyl (C=O) groups excluding carboxylic acids is 1. The number of nitrogens with one attached hydrogen (secondary N) is 1. The summed E-state index contributed by atoms with van der Waals surface area (Å²) in [5, 5.41) is 0. The van der Waals surface area contributed by atoms with Gasteiger partial charge in [-0.25, -0.2) is 0 Å². The molecule has 0 aliphatic heterocycles. The molecular weight excluding hydrogens is 218 g/mol. The number of hydroxylamine groups is 1. The summed E-state index contributed by atoms with van der Waals surface area (Å²) in [5.41, 5.74) is 3.64. The maximum Gasteiger partial charge on any atom is 0.322 e. The van der Waals surface area contributed by atoms with Crippen molar-refractivity contribution in [3.8, 4) is 0 Å². The van der Waals surface area contributed by atoms with E-state index in [0.717, 1.165) is 18.4 Å². The molecule has 1 aromatic carbocycles. The molecule has 0 saturated carbocycles. The quantitative estimate of drug-likeness (QED) is 0.427. The number of hydrogen-bond acceptors (Lipinski definition) is 4. The zero-order valence-electron chi connectivity index (χ0n) is 10.1. The van der Waals surface area contributed by atoms with Crippen LogP contribution in [-0.2, 0) is 21.0 Å². The van der Waals surface area contributed by atoms with E-state index in [2.05, 4.69) is 12.4 Å². The number of rotatable bonds is 8. The van der Waals surface area contributed by atoms with Gasteiger partial charge in [0.05, 0.1) is 13.2 Å². The lowest BCUT2D eigenvalue weighted by Gasteiger charge is -2.06. The third-order valence-corrected chi connectivity index (χ3v) is 2.16. The molecule has 0 spiro atoms. The van der Waals surface area contributed by atoms with Gasteiger partial charge in [-0.05, 0) is 12.0 Å². The molecule has 0 unspecified atom stereocenters. The van der Waals surface area contributed by atoms with Gasteiger partial charge in [-0.15, -0.1) is 0 Å². The molecule has 0 fully saturated rings. The van der Waals surface area contributed by atoms with Crippen LogP contribution in [0.3, 0.4) is 0 Å². The van der Waals surface area contributed by atoms with Crippen molar-refractivity contribution in [2.75, 3.05) is 13.2 Å². The Morgan fingerprint density at radius 3 is 2.76 bits per heavy atom. The lowest BCUT2D eigenvalue weighted by molar-refractivity contribution is -0.145. The number of benzene rings is 1. The van der Waals surface area contributed by atoms with Crippen LogP contribution < -0.4 is 5.48 Å². The van der Waals surface area contributed by atoms with Gasteiger partial charge in [-0.2, -0.15) is 5.48 Å². The fraction of sp³-hybridized carbons (Fsp3) is 0.462. The average Bonchev–Trinajstić information content (AvgIpc) is 2.36. The third kappa shape index (κ3) is 6.71. The molecule has 0 amide bonds. The highest BCUT2D eigenvalue weighted by Crippen LogP contribution is 1.98. The van der Waals surface area contributed by atoms with Crippen molar-refractivity contribution in [3.63, 3.8) is 0 Å². The molecule has 1 aromatic rings. The van der Waals surface area contributed by atoms with E-state index < -0.39 is 0 Å². The number of ether oxygens (including phenoxy) is 1. The predicted octanol–water partition coefficient (Wildman–Crippen LogP) is 2.05. The third-order valence-electron chi connectivity index (χ3n) is 2.16. The second-order valence-corrected chi connectivity index (χ2v) is 3.67. The first-order valence-corrected chi connectivity index (χ1v) is 5.87. The van der Waals surface area contributed by atoms with Gasteiger partial charge in [0, 0.05) is 0 Å². The van der Waals surface area contributed by atoms with Crippen molar-refractivity contribution in [1.29, 1.82) is 0 Å². The monoisotopic (exact) mass is 237 g/mol. The minimum Gasteiger partial charge on any atom is -0.465 e. The molecule has 94 valence electrons. The lowest BCUT2D eigenvalue weighted by Crippen LogP contribution is -2.25. The maximum absolute atomic E-state index is 11.2. The summed E-state index contributed by atoms with van der Waals surface area (Å²) in [5.74, 6) is -0.286. The first kappa shape index (κ1) is 13.7. The number of carbonyl (C=O) groups is 1. The van der Waals surface area contributed by atoms with Crippen LogP contribution in [0.15, 0.2) is 30.3 Å². The molecule has 4 nitrogen and oxygen atoms in total. The van der Waals surface area contributed by atoms with Gasteiger partial charge in [0.25, 0.3) is 0 Å². The molecule has 1 rings (SSSR count). The van der Waals surface area contributed by atoms with Crippen LogP contribution in [-0.4, -0.2) is 19.1 Å². The highest BCUT2D eigenvalue weighted by atomic mass is 16.6. The number of esters is 1. The van der Waals surface area contributed by atoms with Crippen LogP contribution in [0, 0.1) is 0 Å².